The standard InChI is InChI=1S/C18H23N3O2S/c1-3-23-15-10-5-4-8-14(15)9-6-13-20-18(24)21-17-16(22-2)11-7-12-19-17/h4-5,7-8,10-12H,3,6,9,13H2,1-2H3,(H2,19,20,21,24). The molecule has 0 saturated heterocycles. The third-order valence-corrected chi connectivity index (χ3v) is 3.65. The molecule has 6 heteroatoms. The van der Waals surface area contributed by atoms with Gasteiger partial charge in [0.25, 0.3) is 0 Å². The van der Waals surface area contributed by atoms with Crippen LogP contribution in [0, 0.1) is 0 Å². The predicted molar refractivity (Wildman–Crippen MR) is 101 cm³/mol. The first-order valence-corrected chi connectivity index (χ1v) is 8.40. The van der Waals surface area contributed by atoms with Crippen LogP contribution in [0.3, 0.4) is 0 Å². The molecular formula is C18H23N3O2S. The molecule has 0 atom stereocenters. The first kappa shape index (κ1) is 18.0. The maximum atomic E-state index is 5.64. The summed E-state index contributed by atoms with van der Waals surface area (Å²) in [5.74, 6) is 2.23. The molecular weight excluding hydrogens is 322 g/mol. The lowest BCUT2D eigenvalue weighted by atomic mass is 10.1. The fourth-order valence-electron chi connectivity index (χ4n) is 2.29. The maximum Gasteiger partial charge on any atom is 0.174 e. The number of aromatic nitrogens is 1. The average Bonchev–Trinajstić information content (AvgIpc) is 2.61. The molecule has 5 nitrogen and oxygen atoms in total. The molecule has 0 aliphatic carbocycles. The Morgan fingerprint density at radius 1 is 1.17 bits per heavy atom. The number of rotatable bonds is 8. The van der Waals surface area contributed by atoms with Crippen LogP contribution in [0.25, 0.3) is 0 Å². The summed E-state index contributed by atoms with van der Waals surface area (Å²) < 4.78 is 10.9. The number of nitrogens with zero attached hydrogens (tertiary/aromatic N) is 1. The predicted octanol–water partition coefficient (Wildman–Crippen LogP) is 3.41. The van der Waals surface area contributed by atoms with Gasteiger partial charge in [-0.3, -0.25) is 0 Å². The minimum absolute atomic E-state index is 0.532. The van der Waals surface area contributed by atoms with Crippen molar-refractivity contribution in [3.63, 3.8) is 0 Å². The van der Waals surface area contributed by atoms with Crippen molar-refractivity contribution < 1.29 is 9.47 Å². The molecule has 0 radical (unpaired) electrons. The summed E-state index contributed by atoms with van der Waals surface area (Å²) in [7, 11) is 1.61. The number of ether oxygens (including phenoxy) is 2. The molecule has 1 aromatic heterocycles. The van der Waals surface area contributed by atoms with Gasteiger partial charge in [-0.15, -0.1) is 0 Å². The van der Waals surface area contributed by atoms with E-state index in [9.17, 15) is 0 Å². The van der Waals surface area contributed by atoms with E-state index in [1.165, 1.54) is 5.56 Å². The van der Waals surface area contributed by atoms with Crippen LogP contribution in [0.5, 0.6) is 11.5 Å². The van der Waals surface area contributed by atoms with Gasteiger partial charge < -0.3 is 20.1 Å². The molecule has 24 heavy (non-hydrogen) atoms. The molecule has 0 aliphatic rings. The van der Waals surface area contributed by atoms with Crippen LogP contribution in [0.1, 0.15) is 18.9 Å². The zero-order valence-electron chi connectivity index (χ0n) is 14.0. The first-order chi connectivity index (χ1) is 11.7. The third-order valence-electron chi connectivity index (χ3n) is 3.40. The van der Waals surface area contributed by atoms with Gasteiger partial charge in [-0.25, -0.2) is 4.98 Å². The van der Waals surface area contributed by atoms with E-state index >= 15 is 0 Å². The summed E-state index contributed by atoms with van der Waals surface area (Å²) in [6.07, 6.45) is 3.57. The average molecular weight is 345 g/mol. The first-order valence-electron chi connectivity index (χ1n) is 7.99. The number of benzene rings is 1. The SMILES string of the molecule is CCOc1ccccc1CCCNC(=S)Nc1ncccc1OC. The second-order valence-electron chi connectivity index (χ2n) is 5.08. The maximum absolute atomic E-state index is 5.64. The fourth-order valence-corrected chi connectivity index (χ4v) is 2.49. The van der Waals surface area contributed by atoms with Crippen molar-refractivity contribution in [1.29, 1.82) is 0 Å². The van der Waals surface area contributed by atoms with E-state index in [-0.39, 0.29) is 0 Å². The number of anilines is 1. The van der Waals surface area contributed by atoms with E-state index in [4.69, 9.17) is 21.7 Å². The molecule has 0 bridgehead atoms. The van der Waals surface area contributed by atoms with Gasteiger partial charge in [-0.2, -0.15) is 0 Å². The molecule has 1 heterocycles. The number of thiocarbonyl (C=S) groups is 1. The number of hydrogen-bond donors (Lipinski definition) is 2. The Labute approximate surface area is 148 Å². The van der Waals surface area contributed by atoms with Gasteiger partial charge in [0.1, 0.15) is 5.75 Å². The summed E-state index contributed by atoms with van der Waals surface area (Å²) >= 11 is 5.30. The van der Waals surface area contributed by atoms with Crippen LogP contribution in [-0.4, -0.2) is 30.4 Å². The number of pyridine rings is 1. The van der Waals surface area contributed by atoms with Crippen molar-refractivity contribution in [2.75, 3.05) is 25.6 Å². The van der Waals surface area contributed by atoms with Crippen molar-refractivity contribution in [3.05, 3.63) is 48.2 Å². The summed E-state index contributed by atoms with van der Waals surface area (Å²) in [6, 6.07) is 11.8. The summed E-state index contributed by atoms with van der Waals surface area (Å²) in [6.45, 7) is 3.44. The molecule has 1 aromatic carbocycles. The number of hydrogen-bond acceptors (Lipinski definition) is 4. The zero-order valence-corrected chi connectivity index (χ0v) is 14.9. The molecule has 0 amide bonds. The number of aryl methyl sites for hydroxylation is 1. The van der Waals surface area contributed by atoms with Gasteiger partial charge in [-0.1, -0.05) is 18.2 Å². The number of para-hydroxylation sites is 1. The number of nitrogens with one attached hydrogen (secondary N) is 2. The van der Waals surface area contributed by atoms with E-state index in [2.05, 4.69) is 21.7 Å². The Morgan fingerprint density at radius 3 is 2.75 bits per heavy atom. The van der Waals surface area contributed by atoms with E-state index in [0.29, 0.717) is 23.3 Å². The Hall–Kier alpha value is -2.34. The highest BCUT2D eigenvalue weighted by Gasteiger charge is 2.06. The Bertz CT molecular complexity index is 664. The van der Waals surface area contributed by atoms with Crippen molar-refractivity contribution in [3.8, 4) is 11.5 Å². The van der Waals surface area contributed by atoms with Gasteiger partial charge in [0.15, 0.2) is 16.7 Å². The number of methoxy groups -OCH3 is 1. The summed E-state index contributed by atoms with van der Waals surface area (Å²) in [5.41, 5.74) is 1.21. The van der Waals surface area contributed by atoms with E-state index in [1.54, 1.807) is 13.3 Å². The Balaban J connectivity index is 1.77. The Kier molecular flexibility index (Phi) is 7.29. The van der Waals surface area contributed by atoms with Crippen molar-refractivity contribution in [2.45, 2.75) is 19.8 Å². The topological polar surface area (TPSA) is 55.4 Å². The lowest BCUT2D eigenvalue weighted by Gasteiger charge is -2.13. The van der Waals surface area contributed by atoms with Gasteiger partial charge in [0, 0.05) is 12.7 Å². The monoisotopic (exact) mass is 345 g/mol. The van der Waals surface area contributed by atoms with E-state index in [0.717, 1.165) is 25.1 Å². The molecule has 2 aromatic rings. The van der Waals surface area contributed by atoms with Gasteiger partial charge >= 0.3 is 0 Å². The van der Waals surface area contributed by atoms with Gasteiger partial charge in [0.2, 0.25) is 0 Å². The second kappa shape index (κ2) is 9.72. The van der Waals surface area contributed by atoms with Crippen LogP contribution in [-0.2, 0) is 6.42 Å². The van der Waals surface area contributed by atoms with Crippen LogP contribution in [0.4, 0.5) is 5.82 Å². The highest BCUT2D eigenvalue weighted by molar-refractivity contribution is 7.80. The summed E-state index contributed by atoms with van der Waals surface area (Å²) in [5, 5.41) is 6.77. The quantitative estimate of drug-likeness (QED) is 0.565. The molecule has 2 N–H and O–H groups in total. The van der Waals surface area contributed by atoms with E-state index < -0.39 is 0 Å². The normalized spacial score (nSPS) is 10.1. The molecule has 0 unspecified atom stereocenters. The molecule has 0 saturated carbocycles. The molecule has 0 fully saturated rings. The van der Waals surface area contributed by atoms with Crippen molar-refractivity contribution in [1.82, 2.24) is 10.3 Å². The fraction of sp³-hybridized carbons (Fsp3) is 0.333. The van der Waals surface area contributed by atoms with Gasteiger partial charge in [0.05, 0.1) is 13.7 Å². The van der Waals surface area contributed by atoms with Gasteiger partial charge in [-0.05, 0) is 55.7 Å². The van der Waals surface area contributed by atoms with Crippen LogP contribution in [0.15, 0.2) is 42.6 Å². The lowest BCUT2D eigenvalue weighted by Crippen LogP contribution is -2.30. The zero-order chi connectivity index (χ0) is 17.2. The van der Waals surface area contributed by atoms with Crippen molar-refractivity contribution in [2.24, 2.45) is 0 Å². The second-order valence-corrected chi connectivity index (χ2v) is 5.49. The highest BCUT2D eigenvalue weighted by atomic mass is 32.1. The molecule has 2 rings (SSSR count). The van der Waals surface area contributed by atoms with Crippen LogP contribution < -0.4 is 20.1 Å². The summed E-state index contributed by atoms with van der Waals surface area (Å²) in [4.78, 5) is 4.22. The molecule has 128 valence electrons. The highest BCUT2D eigenvalue weighted by Crippen LogP contribution is 2.20. The Morgan fingerprint density at radius 2 is 1.96 bits per heavy atom. The smallest absolute Gasteiger partial charge is 0.174 e. The third kappa shape index (κ3) is 5.38. The molecule has 0 spiro atoms. The van der Waals surface area contributed by atoms with Crippen LogP contribution in [0.2, 0.25) is 0 Å². The molecule has 0 aliphatic heterocycles. The minimum atomic E-state index is 0.532. The van der Waals surface area contributed by atoms with Crippen molar-refractivity contribution >= 4 is 23.1 Å². The lowest BCUT2D eigenvalue weighted by molar-refractivity contribution is 0.336. The van der Waals surface area contributed by atoms with E-state index in [1.807, 2.05) is 37.3 Å². The van der Waals surface area contributed by atoms with Crippen LogP contribution >= 0.6 is 12.2 Å². The minimum Gasteiger partial charge on any atom is -0.494 e. The largest absolute Gasteiger partial charge is 0.494 e.